The molecule has 0 saturated carbocycles. The Balaban J connectivity index is 3.92. The second-order valence-electron chi connectivity index (χ2n) is 3.92. The maximum atomic E-state index is 11.3. The van der Waals surface area contributed by atoms with E-state index in [1.54, 1.807) is 0 Å². The third-order valence-electron chi connectivity index (χ3n) is 2.11. The minimum absolute atomic E-state index is 0.299. The molecule has 0 aromatic rings. The van der Waals surface area contributed by atoms with Crippen molar-refractivity contribution in [3.8, 4) is 0 Å². The van der Waals surface area contributed by atoms with E-state index in [-0.39, 0.29) is 13.2 Å². The summed E-state index contributed by atoms with van der Waals surface area (Å²) < 4.78 is 18.3. The lowest BCUT2D eigenvalue weighted by Gasteiger charge is -2.13. The molecule has 0 aliphatic heterocycles. The number of hydrogen-bond acceptors (Lipinski definition) is 10. The third-order valence-corrected chi connectivity index (χ3v) is 2.11. The fraction of sp³-hybridized carbons (Fsp3) is 0.667. The fourth-order valence-electron chi connectivity index (χ4n) is 1.08. The van der Waals surface area contributed by atoms with Gasteiger partial charge < -0.3 is 29.2 Å². The number of aliphatic hydroxyl groups is 2. The number of carbonyl (C=O) groups excluding carboxylic acids is 4. The Morgan fingerprint density at radius 1 is 0.773 bits per heavy atom. The van der Waals surface area contributed by atoms with Crippen molar-refractivity contribution in [3.05, 3.63) is 0 Å². The molecule has 0 fully saturated rings. The maximum absolute atomic E-state index is 11.3. The highest BCUT2D eigenvalue weighted by molar-refractivity contribution is 5.80. The number of rotatable bonds is 9. The van der Waals surface area contributed by atoms with Crippen molar-refractivity contribution in [1.82, 2.24) is 0 Å². The van der Waals surface area contributed by atoms with Gasteiger partial charge in [-0.3, -0.25) is 0 Å². The van der Waals surface area contributed by atoms with Gasteiger partial charge in [0.15, 0.2) is 12.2 Å². The van der Waals surface area contributed by atoms with Crippen LogP contribution in [0.2, 0.25) is 0 Å². The number of carbonyl (C=O) groups is 4. The smallest absolute Gasteiger partial charge is 0.347 e. The van der Waals surface area contributed by atoms with Crippen molar-refractivity contribution in [3.63, 3.8) is 0 Å². The van der Waals surface area contributed by atoms with E-state index in [1.165, 1.54) is 13.8 Å². The minimum Gasteiger partial charge on any atom is -0.459 e. The fourth-order valence-corrected chi connectivity index (χ4v) is 1.08. The molecule has 0 aliphatic rings. The van der Waals surface area contributed by atoms with Gasteiger partial charge in [0.25, 0.3) is 0 Å². The van der Waals surface area contributed by atoms with Gasteiger partial charge in [-0.2, -0.15) is 0 Å². The zero-order chi connectivity index (χ0) is 17.1. The first-order valence-electron chi connectivity index (χ1n) is 6.25. The number of esters is 4. The first kappa shape index (κ1) is 19.8. The SMILES string of the molecule is CC(OC(=O)CO)C(=O)OCCOC(=O)C(C)OC(=O)CO. The predicted molar refractivity (Wildman–Crippen MR) is 67.2 cm³/mol. The molecule has 0 aromatic heterocycles. The molecule has 0 aromatic carbocycles. The summed E-state index contributed by atoms with van der Waals surface area (Å²) in [5, 5.41) is 16.9. The van der Waals surface area contributed by atoms with Gasteiger partial charge in [-0.05, 0) is 13.8 Å². The minimum atomic E-state index is -1.21. The largest absolute Gasteiger partial charge is 0.459 e. The van der Waals surface area contributed by atoms with Crippen LogP contribution in [0.4, 0.5) is 0 Å². The van der Waals surface area contributed by atoms with E-state index in [1.807, 2.05) is 0 Å². The molecule has 0 rings (SSSR count). The second kappa shape index (κ2) is 10.5. The van der Waals surface area contributed by atoms with Gasteiger partial charge >= 0.3 is 23.9 Å². The van der Waals surface area contributed by atoms with Crippen LogP contribution < -0.4 is 0 Å². The Morgan fingerprint density at radius 2 is 1.09 bits per heavy atom. The lowest BCUT2D eigenvalue weighted by molar-refractivity contribution is -0.173. The Hall–Kier alpha value is -2.20. The van der Waals surface area contributed by atoms with E-state index in [4.69, 9.17) is 10.2 Å². The summed E-state index contributed by atoms with van der Waals surface area (Å²) >= 11 is 0. The summed E-state index contributed by atoms with van der Waals surface area (Å²) in [5.41, 5.74) is 0. The average Bonchev–Trinajstić information content (AvgIpc) is 2.50. The van der Waals surface area contributed by atoms with E-state index in [0.29, 0.717) is 0 Å². The molecule has 0 spiro atoms. The topological polar surface area (TPSA) is 146 Å². The monoisotopic (exact) mass is 322 g/mol. The van der Waals surface area contributed by atoms with E-state index in [2.05, 4.69) is 18.9 Å². The summed E-state index contributed by atoms with van der Waals surface area (Å²) in [5.74, 6) is -3.71. The number of aliphatic hydroxyl groups excluding tert-OH is 2. The van der Waals surface area contributed by atoms with Crippen LogP contribution in [0.3, 0.4) is 0 Å². The summed E-state index contributed by atoms with van der Waals surface area (Å²) in [6.45, 7) is 0.175. The van der Waals surface area contributed by atoms with Crippen LogP contribution in [0.25, 0.3) is 0 Å². The highest BCUT2D eigenvalue weighted by atomic mass is 16.6. The lowest BCUT2D eigenvalue weighted by Crippen LogP contribution is -2.30. The summed E-state index contributed by atoms with van der Waals surface area (Å²) in [7, 11) is 0. The van der Waals surface area contributed by atoms with Crippen molar-refractivity contribution in [2.45, 2.75) is 26.1 Å². The zero-order valence-electron chi connectivity index (χ0n) is 12.1. The molecule has 2 atom stereocenters. The molecule has 0 heterocycles. The van der Waals surface area contributed by atoms with Crippen LogP contribution in [0, 0.1) is 0 Å². The normalized spacial score (nSPS) is 12.7. The Labute approximate surface area is 125 Å². The van der Waals surface area contributed by atoms with Crippen molar-refractivity contribution in [2.75, 3.05) is 26.4 Å². The van der Waals surface area contributed by atoms with Gasteiger partial charge in [0, 0.05) is 0 Å². The maximum Gasteiger partial charge on any atom is 0.347 e. The highest BCUT2D eigenvalue weighted by Crippen LogP contribution is 1.98. The van der Waals surface area contributed by atoms with E-state index in [9.17, 15) is 19.2 Å². The first-order valence-corrected chi connectivity index (χ1v) is 6.25. The molecule has 0 amide bonds. The van der Waals surface area contributed by atoms with Gasteiger partial charge in [0.2, 0.25) is 0 Å². The average molecular weight is 322 g/mol. The van der Waals surface area contributed by atoms with Crippen molar-refractivity contribution >= 4 is 23.9 Å². The third kappa shape index (κ3) is 8.17. The molecule has 22 heavy (non-hydrogen) atoms. The molecule has 0 saturated heterocycles. The van der Waals surface area contributed by atoms with Crippen LogP contribution in [-0.4, -0.2) is 72.7 Å². The van der Waals surface area contributed by atoms with E-state index >= 15 is 0 Å². The van der Waals surface area contributed by atoms with Gasteiger partial charge in [-0.15, -0.1) is 0 Å². The quantitative estimate of drug-likeness (QED) is 0.275. The van der Waals surface area contributed by atoms with Gasteiger partial charge in [-0.25, -0.2) is 19.2 Å². The Morgan fingerprint density at radius 3 is 1.36 bits per heavy atom. The molecule has 10 nitrogen and oxygen atoms in total. The second-order valence-corrected chi connectivity index (χ2v) is 3.92. The van der Waals surface area contributed by atoms with Gasteiger partial charge in [-0.1, -0.05) is 0 Å². The summed E-state index contributed by atoms with van der Waals surface area (Å²) in [6.07, 6.45) is -2.42. The highest BCUT2D eigenvalue weighted by Gasteiger charge is 2.20. The van der Waals surface area contributed by atoms with Crippen LogP contribution in [0.1, 0.15) is 13.8 Å². The first-order chi connectivity index (χ1) is 10.3. The van der Waals surface area contributed by atoms with Crippen LogP contribution >= 0.6 is 0 Å². The van der Waals surface area contributed by atoms with Crippen molar-refractivity contribution < 1.29 is 48.3 Å². The van der Waals surface area contributed by atoms with Crippen LogP contribution in [0.5, 0.6) is 0 Å². The molecule has 10 heteroatoms. The van der Waals surface area contributed by atoms with Crippen LogP contribution in [-0.2, 0) is 38.1 Å². The molecule has 126 valence electrons. The number of ether oxygens (including phenoxy) is 4. The molecule has 0 radical (unpaired) electrons. The van der Waals surface area contributed by atoms with Gasteiger partial charge in [0.1, 0.15) is 26.4 Å². The molecule has 0 aliphatic carbocycles. The summed E-state index contributed by atoms with van der Waals surface area (Å²) in [6, 6.07) is 0. The van der Waals surface area contributed by atoms with E-state index in [0.717, 1.165) is 0 Å². The van der Waals surface area contributed by atoms with E-state index < -0.39 is 49.3 Å². The Kier molecular flexibility index (Phi) is 9.46. The molecular weight excluding hydrogens is 304 g/mol. The zero-order valence-corrected chi connectivity index (χ0v) is 12.1. The van der Waals surface area contributed by atoms with Crippen LogP contribution in [0.15, 0.2) is 0 Å². The van der Waals surface area contributed by atoms with Crippen molar-refractivity contribution in [2.24, 2.45) is 0 Å². The number of hydrogen-bond donors (Lipinski definition) is 2. The molecule has 0 bridgehead atoms. The predicted octanol–water partition coefficient (Wildman–Crippen LogP) is -2.08. The molecule has 2 N–H and O–H groups in total. The standard InChI is InChI=1S/C12H18O10/c1-7(21-9(15)5-13)11(17)19-3-4-20-12(18)8(2)22-10(16)6-14/h7-8,13-14H,3-6H2,1-2H3. The van der Waals surface area contributed by atoms with Crippen molar-refractivity contribution in [1.29, 1.82) is 0 Å². The Bertz CT molecular complexity index is 367. The molecular formula is C12H18O10. The molecule has 2 unspecified atom stereocenters. The summed E-state index contributed by atoms with van der Waals surface area (Å²) in [4.78, 5) is 44.1. The lowest BCUT2D eigenvalue weighted by atomic mass is 10.4. The van der Waals surface area contributed by atoms with Gasteiger partial charge in [0.05, 0.1) is 0 Å².